The highest BCUT2D eigenvalue weighted by Crippen LogP contribution is 2.28. The van der Waals surface area contributed by atoms with Gasteiger partial charge in [0.15, 0.2) is 0 Å². The van der Waals surface area contributed by atoms with Crippen LogP contribution in [0.5, 0.6) is 5.75 Å². The van der Waals surface area contributed by atoms with Crippen molar-refractivity contribution in [2.24, 2.45) is 5.10 Å². The molecule has 4 N–H and O–H groups in total. The Balaban J connectivity index is 1.85. The van der Waals surface area contributed by atoms with E-state index in [-0.39, 0.29) is 11.3 Å². The molecule has 120 valence electrons. The summed E-state index contributed by atoms with van der Waals surface area (Å²) in [6, 6.07) is 17.9. The molecule has 0 unspecified atom stereocenters. The number of fused-ring (bicyclic) bond motifs is 1. The number of rotatable bonds is 3. The second-order valence-corrected chi connectivity index (χ2v) is 5.45. The van der Waals surface area contributed by atoms with Crippen LogP contribution >= 0.6 is 0 Å². The molecule has 0 bridgehead atoms. The molecule has 0 spiro atoms. The van der Waals surface area contributed by atoms with E-state index in [2.05, 4.69) is 10.5 Å². The van der Waals surface area contributed by atoms with Crippen molar-refractivity contribution >= 4 is 28.1 Å². The summed E-state index contributed by atoms with van der Waals surface area (Å²) in [5, 5.41) is 15.9. The zero-order valence-corrected chi connectivity index (χ0v) is 13.2. The molecule has 0 aliphatic heterocycles. The third-order valence-electron chi connectivity index (χ3n) is 3.77. The van der Waals surface area contributed by atoms with Crippen molar-refractivity contribution in [2.45, 2.75) is 6.92 Å². The van der Waals surface area contributed by atoms with Gasteiger partial charge in [-0.2, -0.15) is 5.10 Å². The van der Waals surface area contributed by atoms with Crippen LogP contribution in [0.3, 0.4) is 0 Å². The van der Waals surface area contributed by atoms with Gasteiger partial charge in [-0.25, -0.2) is 5.43 Å². The molecule has 24 heavy (non-hydrogen) atoms. The van der Waals surface area contributed by atoms with Crippen LogP contribution in [0.2, 0.25) is 0 Å². The standard InChI is InChI=1S/C19H17N3O2/c1-12(14-6-4-7-15(20)11-14)21-22-19(24)17-10-9-13-5-2-3-8-16(13)18(17)23/h2-11,23H,20H2,1H3,(H,22,24). The Hall–Kier alpha value is -3.34. The van der Waals surface area contributed by atoms with Crippen LogP contribution in [-0.2, 0) is 0 Å². The van der Waals surface area contributed by atoms with Gasteiger partial charge in [0.2, 0.25) is 0 Å². The number of phenols is 1. The highest BCUT2D eigenvalue weighted by molar-refractivity contribution is 6.05. The fourth-order valence-electron chi connectivity index (χ4n) is 2.46. The number of phenolic OH excluding ortho intramolecular Hbond substituents is 1. The van der Waals surface area contributed by atoms with Crippen LogP contribution in [0.25, 0.3) is 10.8 Å². The number of anilines is 1. The topological polar surface area (TPSA) is 87.7 Å². The number of carbonyl (C=O) groups excluding carboxylic acids is 1. The molecular weight excluding hydrogens is 302 g/mol. The van der Waals surface area contributed by atoms with Crippen molar-refractivity contribution < 1.29 is 9.90 Å². The first-order chi connectivity index (χ1) is 11.6. The Morgan fingerprint density at radius 2 is 1.88 bits per heavy atom. The molecule has 0 aliphatic rings. The second-order valence-electron chi connectivity index (χ2n) is 5.45. The molecule has 0 aromatic heterocycles. The summed E-state index contributed by atoms with van der Waals surface area (Å²) in [5.41, 5.74) is 10.5. The molecule has 3 aromatic carbocycles. The van der Waals surface area contributed by atoms with Crippen LogP contribution in [0.1, 0.15) is 22.8 Å². The highest BCUT2D eigenvalue weighted by atomic mass is 16.3. The molecule has 5 nitrogen and oxygen atoms in total. The average Bonchev–Trinajstić information content (AvgIpc) is 2.60. The molecule has 3 rings (SSSR count). The maximum absolute atomic E-state index is 12.3. The molecule has 0 radical (unpaired) electrons. The smallest absolute Gasteiger partial charge is 0.275 e. The van der Waals surface area contributed by atoms with Crippen LogP contribution in [-0.4, -0.2) is 16.7 Å². The van der Waals surface area contributed by atoms with Gasteiger partial charge in [-0.1, -0.05) is 42.5 Å². The fraction of sp³-hybridized carbons (Fsp3) is 0.0526. The summed E-state index contributed by atoms with van der Waals surface area (Å²) >= 11 is 0. The van der Waals surface area contributed by atoms with Gasteiger partial charge < -0.3 is 10.8 Å². The molecule has 3 aromatic rings. The van der Waals surface area contributed by atoms with Crippen molar-refractivity contribution in [1.29, 1.82) is 0 Å². The van der Waals surface area contributed by atoms with Crippen molar-refractivity contribution in [3.05, 3.63) is 71.8 Å². The molecule has 0 atom stereocenters. The predicted molar refractivity (Wildman–Crippen MR) is 96.1 cm³/mol. The van der Waals surface area contributed by atoms with E-state index in [9.17, 15) is 9.90 Å². The molecule has 0 saturated carbocycles. The van der Waals surface area contributed by atoms with Gasteiger partial charge in [-0.05, 0) is 36.1 Å². The number of amides is 1. The Kier molecular flexibility index (Phi) is 4.16. The second kappa shape index (κ2) is 6.42. The SMILES string of the molecule is CC(=NNC(=O)c1ccc2ccccc2c1O)c1cccc(N)c1. The van der Waals surface area contributed by atoms with Crippen molar-refractivity contribution in [2.75, 3.05) is 5.73 Å². The molecule has 1 amide bonds. The zero-order chi connectivity index (χ0) is 17.1. The summed E-state index contributed by atoms with van der Waals surface area (Å²) in [7, 11) is 0. The monoisotopic (exact) mass is 319 g/mol. The van der Waals surface area contributed by atoms with E-state index in [0.717, 1.165) is 10.9 Å². The van der Waals surface area contributed by atoms with Crippen LogP contribution in [0, 0.1) is 0 Å². The minimum absolute atomic E-state index is 0.0533. The maximum Gasteiger partial charge on any atom is 0.275 e. The number of hydrogen-bond donors (Lipinski definition) is 3. The number of nitrogens with zero attached hydrogens (tertiary/aromatic N) is 1. The maximum atomic E-state index is 12.3. The van der Waals surface area contributed by atoms with Crippen LogP contribution < -0.4 is 11.2 Å². The first-order valence-electron chi connectivity index (χ1n) is 7.47. The minimum atomic E-state index is -0.471. The number of nitrogen functional groups attached to an aromatic ring is 1. The third kappa shape index (κ3) is 3.05. The van der Waals surface area contributed by atoms with E-state index >= 15 is 0 Å². The first-order valence-corrected chi connectivity index (χ1v) is 7.47. The largest absolute Gasteiger partial charge is 0.506 e. The van der Waals surface area contributed by atoms with Crippen LogP contribution in [0.15, 0.2) is 65.8 Å². The lowest BCUT2D eigenvalue weighted by atomic mass is 10.1. The van der Waals surface area contributed by atoms with Gasteiger partial charge in [-0.3, -0.25) is 4.79 Å². The van der Waals surface area contributed by atoms with Crippen molar-refractivity contribution in [1.82, 2.24) is 5.43 Å². The molecular formula is C19H17N3O2. The molecule has 5 heteroatoms. The number of hydrazone groups is 1. The van der Waals surface area contributed by atoms with Gasteiger partial charge in [-0.15, -0.1) is 0 Å². The predicted octanol–water partition coefficient (Wildman–Crippen LogP) is 3.28. The summed E-state index contributed by atoms with van der Waals surface area (Å²) < 4.78 is 0. The first kappa shape index (κ1) is 15.6. The van der Waals surface area contributed by atoms with Gasteiger partial charge in [0.25, 0.3) is 5.91 Å². The molecule has 0 saturated heterocycles. The number of benzene rings is 3. The zero-order valence-electron chi connectivity index (χ0n) is 13.2. The lowest BCUT2D eigenvalue weighted by molar-refractivity contribution is 0.0952. The highest BCUT2D eigenvalue weighted by Gasteiger charge is 2.13. The van der Waals surface area contributed by atoms with Crippen molar-refractivity contribution in [3.8, 4) is 5.75 Å². The average molecular weight is 319 g/mol. The summed E-state index contributed by atoms with van der Waals surface area (Å²) in [6.07, 6.45) is 0. The fourth-order valence-corrected chi connectivity index (χ4v) is 2.46. The van der Waals surface area contributed by atoms with Gasteiger partial charge in [0.1, 0.15) is 5.75 Å². The number of nitrogens with two attached hydrogens (primary N) is 1. The number of hydrogen-bond acceptors (Lipinski definition) is 4. The summed E-state index contributed by atoms with van der Waals surface area (Å²) in [5.74, 6) is -0.524. The van der Waals surface area contributed by atoms with Gasteiger partial charge in [0, 0.05) is 11.1 Å². The number of carbonyl (C=O) groups is 1. The Bertz CT molecular complexity index is 948. The van der Waals surface area contributed by atoms with Gasteiger partial charge >= 0.3 is 0 Å². The molecule has 0 aliphatic carbocycles. The summed E-state index contributed by atoms with van der Waals surface area (Å²) in [6.45, 7) is 1.77. The van der Waals surface area contributed by atoms with E-state index in [1.54, 1.807) is 37.3 Å². The van der Waals surface area contributed by atoms with E-state index < -0.39 is 5.91 Å². The lowest BCUT2D eigenvalue weighted by Gasteiger charge is -2.07. The normalized spacial score (nSPS) is 11.5. The van der Waals surface area contributed by atoms with E-state index in [4.69, 9.17) is 5.73 Å². The Morgan fingerprint density at radius 1 is 1.08 bits per heavy atom. The van der Waals surface area contributed by atoms with Gasteiger partial charge in [0.05, 0.1) is 11.3 Å². The third-order valence-corrected chi connectivity index (χ3v) is 3.77. The van der Waals surface area contributed by atoms with E-state index in [1.807, 2.05) is 30.3 Å². The molecule has 0 heterocycles. The van der Waals surface area contributed by atoms with E-state index in [0.29, 0.717) is 16.8 Å². The Morgan fingerprint density at radius 3 is 2.67 bits per heavy atom. The Labute approximate surface area is 139 Å². The van der Waals surface area contributed by atoms with E-state index in [1.165, 1.54) is 0 Å². The molecule has 0 fully saturated rings. The number of nitrogens with one attached hydrogen (secondary N) is 1. The van der Waals surface area contributed by atoms with Crippen LogP contribution in [0.4, 0.5) is 5.69 Å². The lowest BCUT2D eigenvalue weighted by Crippen LogP contribution is -2.19. The number of aromatic hydroxyl groups is 1. The minimum Gasteiger partial charge on any atom is -0.506 e. The summed E-state index contributed by atoms with van der Waals surface area (Å²) in [4.78, 5) is 12.3. The van der Waals surface area contributed by atoms with Crippen molar-refractivity contribution in [3.63, 3.8) is 0 Å². The quantitative estimate of drug-likeness (QED) is 0.393.